The van der Waals surface area contributed by atoms with Gasteiger partial charge in [-0.05, 0) is 24.6 Å². The Morgan fingerprint density at radius 3 is 2.30 bits per heavy atom. The molecule has 0 radical (unpaired) electrons. The Labute approximate surface area is 135 Å². The predicted molar refractivity (Wildman–Crippen MR) is 91.2 cm³/mol. The number of hydrazone groups is 1. The number of nitrogens with zero attached hydrogens (tertiary/aromatic N) is 1. The van der Waals surface area contributed by atoms with Crippen LogP contribution in [0.25, 0.3) is 0 Å². The molecule has 0 fully saturated rings. The quantitative estimate of drug-likeness (QED) is 0.636. The minimum atomic E-state index is -0.295. The Kier molecular flexibility index (Phi) is 6.06. The first-order chi connectivity index (χ1) is 11.1. The van der Waals surface area contributed by atoms with Gasteiger partial charge in [-0.1, -0.05) is 48.0 Å². The van der Waals surface area contributed by atoms with Crippen molar-refractivity contribution in [2.75, 3.05) is 5.32 Å². The number of anilines is 1. The van der Waals surface area contributed by atoms with Gasteiger partial charge in [-0.15, -0.1) is 0 Å². The molecule has 5 heteroatoms. The van der Waals surface area contributed by atoms with Crippen molar-refractivity contribution < 1.29 is 9.59 Å². The summed E-state index contributed by atoms with van der Waals surface area (Å²) in [5.41, 5.74) is 5.15. The molecular formula is C18H19N3O2. The Balaban J connectivity index is 1.70. The first kappa shape index (κ1) is 16.4. The van der Waals surface area contributed by atoms with Gasteiger partial charge in [-0.25, -0.2) is 5.43 Å². The smallest absolute Gasteiger partial charge is 0.240 e. The van der Waals surface area contributed by atoms with Crippen LogP contribution < -0.4 is 10.7 Å². The van der Waals surface area contributed by atoms with E-state index in [4.69, 9.17) is 0 Å². The van der Waals surface area contributed by atoms with Crippen molar-refractivity contribution in [1.29, 1.82) is 0 Å². The first-order valence-corrected chi connectivity index (χ1v) is 7.37. The third kappa shape index (κ3) is 6.13. The third-order valence-electron chi connectivity index (χ3n) is 3.12. The lowest BCUT2D eigenvalue weighted by Gasteiger charge is -2.05. The fourth-order valence-electron chi connectivity index (χ4n) is 1.86. The van der Waals surface area contributed by atoms with Crippen molar-refractivity contribution in [1.82, 2.24) is 5.43 Å². The average molecular weight is 309 g/mol. The van der Waals surface area contributed by atoms with E-state index in [2.05, 4.69) is 15.8 Å². The van der Waals surface area contributed by atoms with Gasteiger partial charge in [0.15, 0.2) is 0 Å². The van der Waals surface area contributed by atoms with Gasteiger partial charge in [0.05, 0.1) is 6.21 Å². The Hall–Kier alpha value is -2.95. The molecule has 0 bridgehead atoms. The van der Waals surface area contributed by atoms with Crippen molar-refractivity contribution in [2.24, 2.45) is 5.10 Å². The van der Waals surface area contributed by atoms with Crippen molar-refractivity contribution >= 4 is 23.7 Å². The highest BCUT2D eigenvalue weighted by Crippen LogP contribution is 2.09. The molecule has 5 nitrogen and oxygen atoms in total. The zero-order valence-corrected chi connectivity index (χ0v) is 13.0. The maximum atomic E-state index is 11.8. The molecule has 0 aliphatic heterocycles. The molecule has 0 saturated carbocycles. The van der Waals surface area contributed by atoms with Crippen LogP contribution in [0, 0.1) is 6.92 Å². The maximum Gasteiger partial charge on any atom is 0.240 e. The number of carbonyl (C=O) groups excluding carboxylic acids is 2. The van der Waals surface area contributed by atoms with Crippen LogP contribution in [0.5, 0.6) is 0 Å². The standard InChI is InChI=1S/C18H19N3O2/c1-14-7-9-16(10-8-14)20-17(22)11-12-18(23)21-19-13-15-5-3-2-4-6-15/h2-10,13H,11-12H2,1H3,(H,20,22)(H,21,23). The number of hydrogen-bond donors (Lipinski definition) is 2. The molecule has 2 rings (SSSR count). The first-order valence-electron chi connectivity index (χ1n) is 7.37. The van der Waals surface area contributed by atoms with Gasteiger partial charge in [0.1, 0.15) is 0 Å². The molecule has 2 aromatic rings. The molecule has 23 heavy (non-hydrogen) atoms. The second kappa shape index (κ2) is 8.48. The van der Waals surface area contributed by atoms with E-state index in [1.807, 2.05) is 61.5 Å². The summed E-state index contributed by atoms with van der Waals surface area (Å²) in [5.74, 6) is -0.493. The van der Waals surface area contributed by atoms with Gasteiger partial charge in [0.25, 0.3) is 0 Å². The number of aryl methyl sites for hydroxylation is 1. The Morgan fingerprint density at radius 1 is 0.957 bits per heavy atom. The molecule has 0 aliphatic rings. The van der Waals surface area contributed by atoms with E-state index in [0.717, 1.165) is 16.8 Å². The van der Waals surface area contributed by atoms with E-state index < -0.39 is 0 Å². The van der Waals surface area contributed by atoms with Gasteiger partial charge in [0, 0.05) is 18.5 Å². The Morgan fingerprint density at radius 2 is 1.61 bits per heavy atom. The van der Waals surface area contributed by atoms with Crippen LogP contribution in [0.1, 0.15) is 24.0 Å². The molecule has 0 aromatic heterocycles. The normalized spacial score (nSPS) is 10.5. The average Bonchev–Trinajstić information content (AvgIpc) is 2.56. The Bertz CT molecular complexity index is 679. The van der Waals surface area contributed by atoms with Crippen LogP contribution in [-0.2, 0) is 9.59 Å². The summed E-state index contributed by atoms with van der Waals surface area (Å²) < 4.78 is 0. The van der Waals surface area contributed by atoms with E-state index in [1.165, 1.54) is 0 Å². The molecular weight excluding hydrogens is 290 g/mol. The number of rotatable bonds is 6. The van der Waals surface area contributed by atoms with Crippen molar-refractivity contribution in [3.8, 4) is 0 Å². The summed E-state index contributed by atoms with van der Waals surface area (Å²) >= 11 is 0. The van der Waals surface area contributed by atoms with E-state index in [1.54, 1.807) is 6.21 Å². The molecule has 0 aliphatic carbocycles. The highest BCUT2D eigenvalue weighted by Gasteiger charge is 2.06. The molecule has 0 spiro atoms. The minimum Gasteiger partial charge on any atom is -0.326 e. The van der Waals surface area contributed by atoms with E-state index in [9.17, 15) is 9.59 Å². The lowest BCUT2D eigenvalue weighted by molar-refractivity contribution is -0.124. The van der Waals surface area contributed by atoms with E-state index in [0.29, 0.717) is 0 Å². The van der Waals surface area contributed by atoms with Crippen molar-refractivity contribution in [3.05, 3.63) is 65.7 Å². The van der Waals surface area contributed by atoms with Gasteiger partial charge in [-0.3, -0.25) is 9.59 Å². The van der Waals surface area contributed by atoms with Crippen LogP contribution in [0.3, 0.4) is 0 Å². The van der Waals surface area contributed by atoms with Crippen LogP contribution in [0.15, 0.2) is 59.7 Å². The minimum absolute atomic E-state index is 0.0871. The predicted octanol–water partition coefficient (Wildman–Crippen LogP) is 2.86. The van der Waals surface area contributed by atoms with Crippen molar-refractivity contribution in [3.63, 3.8) is 0 Å². The second-order valence-corrected chi connectivity index (χ2v) is 5.12. The molecule has 0 atom stereocenters. The summed E-state index contributed by atoms with van der Waals surface area (Å²) in [6, 6.07) is 16.9. The van der Waals surface area contributed by atoms with Gasteiger partial charge in [0.2, 0.25) is 11.8 Å². The van der Waals surface area contributed by atoms with Gasteiger partial charge in [-0.2, -0.15) is 5.10 Å². The zero-order chi connectivity index (χ0) is 16.5. The fraction of sp³-hybridized carbons (Fsp3) is 0.167. The lowest BCUT2D eigenvalue weighted by atomic mass is 10.2. The third-order valence-corrected chi connectivity index (χ3v) is 3.12. The SMILES string of the molecule is Cc1ccc(NC(=O)CCC(=O)NN=Cc2ccccc2)cc1. The van der Waals surface area contributed by atoms with Crippen LogP contribution in [-0.4, -0.2) is 18.0 Å². The molecule has 0 unspecified atom stereocenters. The largest absolute Gasteiger partial charge is 0.326 e. The van der Waals surface area contributed by atoms with Gasteiger partial charge >= 0.3 is 0 Å². The maximum absolute atomic E-state index is 11.8. The molecule has 2 N–H and O–H groups in total. The summed E-state index contributed by atoms with van der Waals surface area (Å²) in [6.07, 6.45) is 1.76. The van der Waals surface area contributed by atoms with Crippen LogP contribution >= 0.6 is 0 Å². The summed E-state index contributed by atoms with van der Waals surface area (Å²) in [6.45, 7) is 1.98. The number of hydrogen-bond acceptors (Lipinski definition) is 3. The molecule has 118 valence electrons. The van der Waals surface area contributed by atoms with Gasteiger partial charge < -0.3 is 5.32 Å². The number of benzene rings is 2. The number of carbonyl (C=O) groups is 2. The topological polar surface area (TPSA) is 70.6 Å². The van der Waals surface area contributed by atoms with Crippen molar-refractivity contribution in [2.45, 2.75) is 19.8 Å². The summed E-state index contributed by atoms with van der Waals surface area (Å²) in [4.78, 5) is 23.4. The molecule has 2 amide bonds. The monoisotopic (exact) mass is 309 g/mol. The van der Waals surface area contributed by atoms with E-state index in [-0.39, 0.29) is 24.7 Å². The van der Waals surface area contributed by atoms with E-state index >= 15 is 0 Å². The number of amides is 2. The van der Waals surface area contributed by atoms with Crippen LogP contribution in [0.2, 0.25) is 0 Å². The summed E-state index contributed by atoms with van der Waals surface area (Å²) in [5, 5.41) is 6.61. The second-order valence-electron chi connectivity index (χ2n) is 5.12. The lowest BCUT2D eigenvalue weighted by Crippen LogP contribution is -2.20. The fourth-order valence-corrected chi connectivity index (χ4v) is 1.86. The number of nitrogens with one attached hydrogen (secondary N) is 2. The molecule has 0 saturated heterocycles. The molecule has 0 heterocycles. The highest BCUT2D eigenvalue weighted by atomic mass is 16.2. The zero-order valence-electron chi connectivity index (χ0n) is 13.0. The summed E-state index contributed by atoms with van der Waals surface area (Å²) in [7, 11) is 0. The highest BCUT2D eigenvalue weighted by molar-refractivity contribution is 5.93. The molecule has 2 aromatic carbocycles. The van der Waals surface area contributed by atoms with Crippen LogP contribution in [0.4, 0.5) is 5.69 Å².